The molecular formula is C15H15N3O. The van der Waals surface area contributed by atoms with Crippen LogP contribution in [0.25, 0.3) is 0 Å². The quantitative estimate of drug-likeness (QED) is 0.840. The Morgan fingerprint density at radius 1 is 1.26 bits per heavy atom. The zero-order valence-corrected chi connectivity index (χ0v) is 11.0. The third-order valence-corrected chi connectivity index (χ3v) is 2.90. The van der Waals surface area contributed by atoms with Crippen molar-refractivity contribution in [3.8, 4) is 11.8 Å². The van der Waals surface area contributed by atoms with Gasteiger partial charge in [0.25, 0.3) is 0 Å². The lowest BCUT2D eigenvalue weighted by Gasteiger charge is -2.20. The molecule has 0 bridgehead atoms. The Hall–Kier alpha value is -2.54. The van der Waals surface area contributed by atoms with Crippen molar-refractivity contribution < 1.29 is 4.74 Å². The lowest BCUT2D eigenvalue weighted by molar-refractivity contribution is 0.409. The molecule has 1 aromatic heterocycles. The van der Waals surface area contributed by atoms with Gasteiger partial charge < -0.3 is 9.64 Å². The van der Waals surface area contributed by atoms with Crippen LogP contribution in [0.1, 0.15) is 11.3 Å². The van der Waals surface area contributed by atoms with Crippen LogP contribution in [0.4, 0.5) is 5.69 Å². The Morgan fingerprint density at radius 3 is 2.68 bits per heavy atom. The van der Waals surface area contributed by atoms with Gasteiger partial charge in [-0.3, -0.25) is 0 Å². The highest BCUT2D eigenvalue weighted by Crippen LogP contribution is 2.21. The summed E-state index contributed by atoms with van der Waals surface area (Å²) < 4.78 is 5.33. The molecule has 4 nitrogen and oxygen atoms in total. The average Bonchev–Trinajstić information content (AvgIpc) is 2.48. The Balaban J connectivity index is 2.16. The zero-order chi connectivity index (χ0) is 13.7. The van der Waals surface area contributed by atoms with E-state index in [2.05, 4.69) is 9.88 Å². The molecule has 19 heavy (non-hydrogen) atoms. The van der Waals surface area contributed by atoms with Crippen LogP contribution in [0.3, 0.4) is 0 Å². The summed E-state index contributed by atoms with van der Waals surface area (Å²) in [6, 6.07) is 13.5. The number of nitriles is 1. The molecule has 0 aliphatic carbocycles. The molecule has 4 heteroatoms. The molecule has 1 heterocycles. The van der Waals surface area contributed by atoms with Crippen LogP contribution in [0, 0.1) is 11.3 Å². The molecule has 0 unspecified atom stereocenters. The monoisotopic (exact) mass is 253 g/mol. The van der Waals surface area contributed by atoms with E-state index in [1.807, 2.05) is 43.4 Å². The number of anilines is 1. The fraction of sp³-hybridized carbons (Fsp3) is 0.200. The summed E-state index contributed by atoms with van der Waals surface area (Å²) in [5, 5.41) is 8.73. The largest absolute Gasteiger partial charge is 0.496 e. The first-order chi connectivity index (χ1) is 9.24. The maximum Gasteiger partial charge on any atom is 0.140 e. The molecule has 0 spiro atoms. The van der Waals surface area contributed by atoms with Crippen molar-refractivity contribution in [2.75, 3.05) is 19.1 Å². The average molecular weight is 253 g/mol. The smallest absolute Gasteiger partial charge is 0.140 e. The minimum absolute atomic E-state index is 0.425. The Labute approximate surface area is 112 Å². The Bertz CT molecular complexity index is 587. The second kappa shape index (κ2) is 5.87. The predicted octanol–water partition coefficient (Wildman–Crippen LogP) is 2.60. The molecule has 0 radical (unpaired) electrons. The number of nitrogens with zero attached hydrogens (tertiary/aromatic N) is 3. The number of pyridine rings is 1. The standard InChI is InChI=1S/C15H15N3O/c1-18(14-8-7-13(9-16)17-10-14)11-12-5-3-4-6-15(12)19-2/h3-8,10H,11H2,1-2H3. The molecular weight excluding hydrogens is 238 g/mol. The van der Waals surface area contributed by atoms with E-state index in [4.69, 9.17) is 10.00 Å². The third-order valence-electron chi connectivity index (χ3n) is 2.90. The number of benzene rings is 1. The Morgan fingerprint density at radius 2 is 2.05 bits per heavy atom. The van der Waals surface area contributed by atoms with Crippen LogP contribution in [-0.4, -0.2) is 19.1 Å². The van der Waals surface area contributed by atoms with E-state index in [0.29, 0.717) is 5.69 Å². The summed E-state index contributed by atoms with van der Waals surface area (Å²) in [7, 11) is 3.65. The normalized spacial score (nSPS) is 9.74. The molecule has 0 aliphatic rings. The van der Waals surface area contributed by atoms with Crippen LogP contribution in [0.5, 0.6) is 5.75 Å². The molecule has 96 valence electrons. The molecule has 0 saturated heterocycles. The highest BCUT2D eigenvalue weighted by Gasteiger charge is 2.07. The number of para-hydroxylation sites is 1. The van der Waals surface area contributed by atoms with Gasteiger partial charge in [0.15, 0.2) is 0 Å². The maximum atomic E-state index is 8.73. The summed E-state index contributed by atoms with van der Waals surface area (Å²) in [4.78, 5) is 6.13. The topological polar surface area (TPSA) is 49.1 Å². The van der Waals surface area contributed by atoms with E-state index in [1.165, 1.54) is 0 Å². The first-order valence-corrected chi connectivity index (χ1v) is 5.94. The van der Waals surface area contributed by atoms with E-state index in [-0.39, 0.29) is 0 Å². The van der Waals surface area contributed by atoms with Gasteiger partial charge in [-0.1, -0.05) is 18.2 Å². The van der Waals surface area contributed by atoms with E-state index in [0.717, 1.165) is 23.5 Å². The van der Waals surface area contributed by atoms with Crippen molar-refractivity contribution in [1.82, 2.24) is 4.98 Å². The molecule has 2 aromatic rings. The highest BCUT2D eigenvalue weighted by molar-refractivity contribution is 5.47. The second-order valence-electron chi connectivity index (χ2n) is 4.18. The van der Waals surface area contributed by atoms with Gasteiger partial charge in [0.05, 0.1) is 19.0 Å². The van der Waals surface area contributed by atoms with E-state index < -0.39 is 0 Å². The van der Waals surface area contributed by atoms with Crippen LogP contribution < -0.4 is 9.64 Å². The lowest BCUT2D eigenvalue weighted by atomic mass is 10.2. The number of methoxy groups -OCH3 is 1. The minimum atomic E-state index is 0.425. The summed E-state index contributed by atoms with van der Waals surface area (Å²) >= 11 is 0. The van der Waals surface area contributed by atoms with E-state index in [9.17, 15) is 0 Å². The van der Waals surface area contributed by atoms with Crippen molar-refractivity contribution >= 4 is 5.69 Å². The Kier molecular flexibility index (Phi) is 3.99. The van der Waals surface area contributed by atoms with Crippen LogP contribution in [0.15, 0.2) is 42.6 Å². The van der Waals surface area contributed by atoms with E-state index >= 15 is 0 Å². The van der Waals surface area contributed by atoms with Crippen LogP contribution in [0.2, 0.25) is 0 Å². The second-order valence-corrected chi connectivity index (χ2v) is 4.18. The molecule has 0 saturated carbocycles. The molecule has 1 aromatic carbocycles. The summed E-state index contributed by atoms with van der Waals surface area (Å²) in [6.07, 6.45) is 1.70. The fourth-order valence-corrected chi connectivity index (χ4v) is 1.86. The molecule has 0 fully saturated rings. The van der Waals surface area contributed by atoms with Gasteiger partial charge in [0, 0.05) is 19.2 Å². The number of ether oxygens (including phenoxy) is 1. The molecule has 0 atom stereocenters. The summed E-state index contributed by atoms with van der Waals surface area (Å²) in [5.41, 5.74) is 2.50. The van der Waals surface area contributed by atoms with Crippen molar-refractivity contribution in [2.24, 2.45) is 0 Å². The molecule has 2 rings (SSSR count). The number of rotatable bonds is 4. The van der Waals surface area contributed by atoms with Crippen LogP contribution >= 0.6 is 0 Å². The first kappa shape index (κ1) is 12.9. The maximum absolute atomic E-state index is 8.73. The van der Waals surface area contributed by atoms with Crippen LogP contribution in [-0.2, 0) is 6.54 Å². The number of hydrogen-bond acceptors (Lipinski definition) is 4. The number of hydrogen-bond donors (Lipinski definition) is 0. The van der Waals surface area contributed by atoms with Crippen molar-refractivity contribution in [1.29, 1.82) is 5.26 Å². The molecule has 0 N–H and O–H groups in total. The first-order valence-electron chi connectivity index (χ1n) is 5.94. The van der Waals surface area contributed by atoms with Gasteiger partial charge in [-0.15, -0.1) is 0 Å². The fourth-order valence-electron chi connectivity index (χ4n) is 1.86. The van der Waals surface area contributed by atoms with Gasteiger partial charge in [-0.05, 0) is 18.2 Å². The van der Waals surface area contributed by atoms with Gasteiger partial charge in [0.1, 0.15) is 17.5 Å². The van der Waals surface area contributed by atoms with Gasteiger partial charge >= 0.3 is 0 Å². The number of aromatic nitrogens is 1. The minimum Gasteiger partial charge on any atom is -0.496 e. The zero-order valence-electron chi connectivity index (χ0n) is 11.0. The van der Waals surface area contributed by atoms with Crippen molar-refractivity contribution in [3.05, 3.63) is 53.9 Å². The van der Waals surface area contributed by atoms with E-state index in [1.54, 1.807) is 19.4 Å². The predicted molar refractivity (Wildman–Crippen MR) is 74.1 cm³/mol. The molecule has 0 aliphatic heterocycles. The third kappa shape index (κ3) is 3.02. The molecule has 0 amide bonds. The summed E-state index contributed by atoms with van der Waals surface area (Å²) in [6.45, 7) is 0.720. The highest BCUT2D eigenvalue weighted by atomic mass is 16.5. The van der Waals surface area contributed by atoms with Gasteiger partial charge in [0.2, 0.25) is 0 Å². The van der Waals surface area contributed by atoms with Crippen molar-refractivity contribution in [3.63, 3.8) is 0 Å². The summed E-state index contributed by atoms with van der Waals surface area (Å²) in [5.74, 6) is 0.871. The van der Waals surface area contributed by atoms with Crippen molar-refractivity contribution in [2.45, 2.75) is 6.54 Å². The van der Waals surface area contributed by atoms with Gasteiger partial charge in [-0.2, -0.15) is 5.26 Å². The lowest BCUT2D eigenvalue weighted by Crippen LogP contribution is -2.17. The van der Waals surface area contributed by atoms with Gasteiger partial charge in [-0.25, -0.2) is 4.98 Å². The SMILES string of the molecule is COc1ccccc1CN(C)c1ccc(C#N)nc1.